The van der Waals surface area contributed by atoms with Gasteiger partial charge >= 0.3 is 6.18 Å². The van der Waals surface area contributed by atoms with Crippen LogP contribution >= 0.6 is 11.6 Å². The van der Waals surface area contributed by atoms with Crippen LogP contribution in [0, 0.1) is 6.92 Å². The minimum absolute atomic E-state index is 0.108. The van der Waals surface area contributed by atoms with E-state index in [1.165, 1.54) is 4.68 Å². The van der Waals surface area contributed by atoms with Crippen molar-refractivity contribution >= 4 is 11.6 Å². The lowest BCUT2D eigenvalue weighted by Crippen LogP contribution is -2.24. The molecule has 1 heterocycles. The summed E-state index contributed by atoms with van der Waals surface area (Å²) in [5, 5.41) is 14.0. The fourth-order valence-corrected chi connectivity index (χ4v) is 1.76. The van der Waals surface area contributed by atoms with Gasteiger partial charge in [0.2, 0.25) is 0 Å². The zero-order chi connectivity index (χ0) is 13.9. The van der Waals surface area contributed by atoms with E-state index >= 15 is 0 Å². The molecule has 4 nitrogen and oxygen atoms in total. The van der Waals surface area contributed by atoms with E-state index < -0.39 is 25.5 Å². The molecule has 0 fully saturated rings. The van der Waals surface area contributed by atoms with Gasteiger partial charge in [0, 0.05) is 19.0 Å². The van der Waals surface area contributed by atoms with Crippen LogP contribution in [0.4, 0.5) is 13.2 Å². The Morgan fingerprint density at radius 2 is 2.11 bits per heavy atom. The molecule has 1 N–H and O–H groups in total. The molecule has 0 aliphatic heterocycles. The van der Waals surface area contributed by atoms with Crippen molar-refractivity contribution in [1.29, 1.82) is 0 Å². The second-order valence-corrected chi connectivity index (χ2v) is 4.32. The van der Waals surface area contributed by atoms with E-state index in [1.54, 1.807) is 14.0 Å². The summed E-state index contributed by atoms with van der Waals surface area (Å²) in [5.41, 5.74) is 1.25. The second-order valence-electron chi connectivity index (χ2n) is 3.97. The third-order valence-corrected chi connectivity index (χ3v) is 2.76. The number of aryl methyl sites for hydroxylation is 2. The molecule has 0 bridgehead atoms. The predicted molar refractivity (Wildman–Crippen MR) is 59.5 cm³/mol. The van der Waals surface area contributed by atoms with Crippen molar-refractivity contribution < 1.29 is 23.0 Å². The minimum Gasteiger partial charge on any atom is -0.390 e. The van der Waals surface area contributed by atoms with Gasteiger partial charge in [-0.15, -0.1) is 0 Å². The van der Waals surface area contributed by atoms with Crippen molar-refractivity contribution in [3.05, 3.63) is 16.4 Å². The first kappa shape index (κ1) is 15.3. The summed E-state index contributed by atoms with van der Waals surface area (Å²) in [6.45, 7) is -0.0571. The number of hydrogen-bond donors (Lipinski definition) is 1. The normalized spacial score (nSPS) is 13.9. The molecule has 1 aromatic heterocycles. The molecule has 1 rings (SSSR count). The van der Waals surface area contributed by atoms with Crippen LogP contribution in [0.1, 0.15) is 11.3 Å². The highest BCUT2D eigenvalue weighted by Gasteiger charge is 2.28. The van der Waals surface area contributed by atoms with E-state index in [9.17, 15) is 18.3 Å². The molecule has 0 aromatic carbocycles. The maximum absolute atomic E-state index is 11.8. The van der Waals surface area contributed by atoms with Gasteiger partial charge in [-0.05, 0) is 6.92 Å². The summed E-state index contributed by atoms with van der Waals surface area (Å²) >= 11 is 5.93. The lowest BCUT2D eigenvalue weighted by molar-refractivity contribution is -0.179. The summed E-state index contributed by atoms with van der Waals surface area (Å²) in [6, 6.07) is 0. The highest BCUT2D eigenvalue weighted by molar-refractivity contribution is 6.30. The van der Waals surface area contributed by atoms with Crippen molar-refractivity contribution in [2.24, 2.45) is 7.05 Å². The third kappa shape index (κ3) is 4.47. The number of ether oxygens (including phenoxy) is 1. The molecular formula is C10H14ClF3N2O2. The van der Waals surface area contributed by atoms with Gasteiger partial charge in [0.05, 0.1) is 18.4 Å². The first-order chi connectivity index (χ1) is 8.20. The topological polar surface area (TPSA) is 47.3 Å². The van der Waals surface area contributed by atoms with E-state index in [1.807, 2.05) is 0 Å². The maximum Gasteiger partial charge on any atom is 0.411 e. The Balaban J connectivity index is 2.47. The summed E-state index contributed by atoms with van der Waals surface area (Å²) < 4.78 is 41.3. The number of aliphatic hydroxyl groups is 1. The van der Waals surface area contributed by atoms with Gasteiger partial charge < -0.3 is 9.84 Å². The Morgan fingerprint density at radius 1 is 1.50 bits per heavy atom. The number of aliphatic hydroxyl groups excluding tert-OH is 1. The van der Waals surface area contributed by atoms with Gasteiger partial charge in [-0.2, -0.15) is 18.3 Å². The summed E-state index contributed by atoms with van der Waals surface area (Å²) in [7, 11) is 1.64. The van der Waals surface area contributed by atoms with E-state index in [0.717, 1.165) is 0 Å². The van der Waals surface area contributed by atoms with Crippen LogP contribution in [-0.4, -0.2) is 40.4 Å². The van der Waals surface area contributed by atoms with Crippen LogP contribution in [0.25, 0.3) is 0 Å². The zero-order valence-electron chi connectivity index (χ0n) is 9.96. The molecule has 0 aliphatic carbocycles. The number of nitrogens with zero attached hydrogens (tertiary/aromatic N) is 2. The molecule has 1 unspecified atom stereocenters. The van der Waals surface area contributed by atoms with Crippen LogP contribution in [0.15, 0.2) is 0 Å². The summed E-state index contributed by atoms with van der Waals surface area (Å²) in [4.78, 5) is 0. The number of halogens is 4. The summed E-state index contributed by atoms with van der Waals surface area (Å²) in [5.74, 6) is 0. The molecule has 8 heteroatoms. The number of hydrogen-bond acceptors (Lipinski definition) is 3. The second kappa shape index (κ2) is 5.90. The Morgan fingerprint density at radius 3 is 2.56 bits per heavy atom. The molecule has 1 atom stereocenters. The van der Waals surface area contributed by atoms with Gasteiger partial charge in [-0.3, -0.25) is 4.68 Å². The molecule has 0 spiro atoms. The quantitative estimate of drug-likeness (QED) is 0.899. The average Bonchev–Trinajstić information content (AvgIpc) is 2.43. The minimum atomic E-state index is -4.39. The molecule has 0 saturated heterocycles. The molecule has 18 heavy (non-hydrogen) atoms. The molecule has 1 aromatic rings. The van der Waals surface area contributed by atoms with Crippen LogP contribution in [0.3, 0.4) is 0 Å². The van der Waals surface area contributed by atoms with Crippen molar-refractivity contribution in [1.82, 2.24) is 9.78 Å². The SMILES string of the molecule is Cc1nn(C)c(Cl)c1CC(O)COCC(F)(F)F. The molecule has 104 valence electrons. The highest BCUT2D eigenvalue weighted by atomic mass is 35.5. The van der Waals surface area contributed by atoms with Gasteiger partial charge in [0.25, 0.3) is 0 Å². The first-order valence-corrected chi connectivity index (χ1v) is 5.59. The van der Waals surface area contributed by atoms with Crippen molar-refractivity contribution in [2.45, 2.75) is 25.6 Å². The lowest BCUT2D eigenvalue weighted by Gasteiger charge is -2.12. The van der Waals surface area contributed by atoms with Crippen molar-refractivity contribution in [3.63, 3.8) is 0 Å². The van der Waals surface area contributed by atoms with Gasteiger partial charge in [-0.25, -0.2) is 0 Å². The van der Waals surface area contributed by atoms with E-state index in [4.69, 9.17) is 11.6 Å². The largest absolute Gasteiger partial charge is 0.411 e. The molecule has 0 aliphatic rings. The zero-order valence-corrected chi connectivity index (χ0v) is 10.7. The predicted octanol–water partition coefficient (Wildman–Crippen LogP) is 1.86. The highest BCUT2D eigenvalue weighted by Crippen LogP contribution is 2.20. The van der Waals surface area contributed by atoms with Crippen LogP contribution in [-0.2, 0) is 18.2 Å². The number of rotatable bonds is 5. The maximum atomic E-state index is 11.8. The third-order valence-electron chi connectivity index (χ3n) is 2.29. The van der Waals surface area contributed by atoms with Crippen molar-refractivity contribution in [3.8, 4) is 0 Å². The van der Waals surface area contributed by atoms with Gasteiger partial charge in [0.15, 0.2) is 0 Å². The molecule has 0 radical (unpaired) electrons. The van der Waals surface area contributed by atoms with Crippen LogP contribution in [0.5, 0.6) is 0 Å². The number of alkyl halides is 3. The first-order valence-electron chi connectivity index (χ1n) is 5.21. The van der Waals surface area contributed by atoms with Crippen molar-refractivity contribution in [2.75, 3.05) is 13.2 Å². The summed E-state index contributed by atoms with van der Waals surface area (Å²) in [6.07, 6.45) is -5.33. The smallest absolute Gasteiger partial charge is 0.390 e. The number of aromatic nitrogens is 2. The fraction of sp³-hybridized carbons (Fsp3) is 0.700. The van der Waals surface area contributed by atoms with Gasteiger partial charge in [-0.1, -0.05) is 11.6 Å². The average molecular weight is 287 g/mol. The molecule has 0 saturated carbocycles. The lowest BCUT2D eigenvalue weighted by atomic mass is 10.1. The Hall–Kier alpha value is -0.790. The van der Waals surface area contributed by atoms with E-state index in [0.29, 0.717) is 16.4 Å². The fourth-order valence-electron chi connectivity index (χ4n) is 1.51. The molecule has 0 amide bonds. The standard InChI is InChI=1S/C10H14ClF3N2O2/c1-6-8(9(11)16(2)15-6)3-7(17)4-18-5-10(12,13)14/h7,17H,3-5H2,1-2H3. The van der Waals surface area contributed by atoms with E-state index in [2.05, 4.69) is 9.84 Å². The monoisotopic (exact) mass is 286 g/mol. The Bertz CT molecular complexity index is 407. The Kier molecular flexibility index (Phi) is 5.01. The molecular weight excluding hydrogens is 273 g/mol. The van der Waals surface area contributed by atoms with Gasteiger partial charge in [0.1, 0.15) is 11.8 Å². The van der Waals surface area contributed by atoms with Crippen LogP contribution < -0.4 is 0 Å². The van der Waals surface area contributed by atoms with Crippen LogP contribution in [0.2, 0.25) is 5.15 Å². The van der Waals surface area contributed by atoms with E-state index in [-0.39, 0.29) is 6.42 Å². The Labute approximate surface area is 107 Å².